The molecule has 3 heteroatoms. The minimum Gasteiger partial charge on any atom is -0.325 e. The van der Waals surface area contributed by atoms with Crippen molar-refractivity contribution < 1.29 is 9.59 Å². The van der Waals surface area contributed by atoms with Gasteiger partial charge in [-0.05, 0) is 31.4 Å². The van der Waals surface area contributed by atoms with E-state index in [1.54, 1.807) is 0 Å². The lowest BCUT2D eigenvalue weighted by Gasteiger charge is -2.46. The van der Waals surface area contributed by atoms with Gasteiger partial charge in [0, 0.05) is 23.9 Å². The summed E-state index contributed by atoms with van der Waals surface area (Å²) in [5.74, 6) is 0.569. The summed E-state index contributed by atoms with van der Waals surface area (Å²) in [5.41, 5.74) is 1.43. The van der Waals surface area contributed by atoms with Crippen LogP contribution in [-0.4, -0.2) is 22.6 Å². The molecule has 1 saturated carbocycles. The van der Waals surface area contributed by atoms with Crippen LogP contribution in [-0.2, 0) is 10.3 Å². The van der Waals surface area contributed by atoms with Crippen molar-refractivity contribution in [3.63, 3.8) is 0 Å². The smallest absolute Gasteiger partial charge is 0.255 e. The van der Waals surface area contributed by atoms with E-state index in [1.807, 2.05) is 29.2 Å². The van der Waals surface area contributed by atoms with Crippen LogP contribution in [0.5, 0.6) is 0 Å². The molecule has 0 unspecified atom stereocenters. The molecule has 1 amide bonds. The summed E-state index contributed by atoms with van der Waals surface area (Å²) < 4.78 is 0. The van der Waals surface area contributed by atoms with E-state index in [-0.39, 0.29) is 17.9 Å². The van der Waals surface area contributed by atoms with Gasteiger partial charge >= 0.3 is 0 Å². The van der Waals surface area contributed by atoms with Crippen molar-refractivity contribution in [1.82, 2.24) is 4.90 Å². The van der Waals surface area contributed by atoms with Gasteiger partial charge < -0.3 is 4.90 Å². The molecule has 3 nitrogen and oxygen atoms in total. The van der Waals surface area contributed by atoms with Gasteiger partial charge in [0.15, 0.2) is 0 Å². The van der Waals surface area contributed by atoms with Crippen LogP contribution in [0.15, 0.2) is 24.3 Å². The maximum absolute atomic E-state index is 12.7. The number of ketones is 1. The molecular formula is C16H17NO2. The summed E-state index contributed by atoms with van der Waals surface area (Å²) in [5, 5.41) is 0. The Balaban J connectivity index is 1.91. The summed E-state index contributed by atoms with van der Waals surface area (Å²) in [7, 11) is 0. The minimum absolute atomic E-state index is 0.0892. The molecule has 1 aromatic rings. The molecule has 2 fully saturated rings. The molecule has 98 valence electrons. The predicted octanol–water partition coefficient (Wildman–Crippen LogP) is 2.50. The quantitative estimate of drug-likeness (QED) is 0.714. The van der Waals surface area contributed by atoms with Gasteiger partial charge in [0.1, 0.15) is 5.78 Å². The number of carbonyl (C=O) groups excluding carboxylic acids is 2. The van der Waals surface area contributed by atoms with Crippen LogP contribution >= 0.6 is 0 Å². The first-order valence-electron chi connectivity index (χ1n) is 7.09. The molecule has 2 aliphatic heterocycles. The zero-order valence-corrected chi connectivity index (χ0v) is 11.1. The Morgan fingerprint density at radius 2 is 2.00 bits per heavy atom. The molecule has 0 spiro atoms. The fraction of sp³-hybridized carbons (Fsp3) is 0.500. The summed E-state index contributed by atoms with van der Waals surface area (Å²) in [6.07, 6.45) is 3.49. The van der Waals surface area contributed by atoms with Crippen molar-refractivity contribution in [3.05, 3.63) is 35.4 Å². The number of rotatable bonds is 0. The first-order valence-corrected chi connectivity index (χ1v) is 7.09. The lowest BCUT2D eigenvalue weighted by atomic mass is 9.77. The lowest BCUT2D eigenvalue weighted by Crippen LogP contribution is -2.56. The van der Waals surface area contributed by atoms with Crippen LogP contribution in [0.3, 0.4) is 0 Å². The van der Waals surface area contributed by atoms with Gasteiger partial charge in [0.25, 0.3) is 5.91 Å². The molecule has 0 aromatic heterocycles. The van der Waals surface area contributed by atoms with Crippen molar-refractivity contribution in [3.8, 4) is 0 Å². The van der Waals surface area contributed by atoms with Gasteiger partial charge in [-0.1, -0.05) is 24.6 Å². The topological polar surface area (TPSA) is 37.4 Å². The average Bonchev–Trinajstić information content (AvgIpc) is 2.94. The molecular weight excluding hydrogens is 238 g/mol. The van der Waals surface area contributed by atoms with Crippen molar-refractivity contribution >= 4 is 11.7 Å². The number of Topliss-reactive ketones (excluding diaryl/α,β-unsaturated/α-hetero) is 1. The Kier molecular flexibility index (Phi) is 2.05. The van der Waals surface area contributed by atoms with Gasteiger partial charge in [-0.3, -0.25) is 9.59 Å². The third-order valence-corrected chi connectivity index (χ3v) is 5.23. The Hall–Kier alpha value is -1.64. The van der Waals surface area contributed by atoms with Gasteiger partial charge in [-0.25, -0.2) is 0 Å². The molecule has 3 aliphatic rings. The fourth-order valence-electron chi connectivity index (χ4n) is 4.42. The fourth-order valence-corrected chi connectivity index (χ4v) is 4.42. The van der Waals surface area contributed by atoms with Crippen molar-refractivity contribution in [2.24, 2.45) is 5.92 Å². The van der Waals surface area contributed by atoms with E-state index >= 15 is 0 Å². The van der Waals surface area contributed by atoms with Crippen LogP contribution in [0.25, 0.3) is 0 Å². The van der Waals surface area contributed by atoms with E-state index in [4.69, 9.17) is 0 Å². The monoisotopic (exact) mass is 255 g/mol. The van der Waals surface area contributed by atoms with Crippen LogP contribution in [0.1, 0.15) is 48.5 Å². The van der Waals surface area contributed by atoms with E-state index in [9.17, 15) is 9.59 Å². The highest BCUT2D eigenvalue weighted by atomic mass is 16.2. The van der Waals surface area contributed by atoms with Gasteiger partial charge in [0.2, 0.25) is 0 Å². The molecule has 0 N–H and O–H groups in total. The largest absolute Gasteiger partial charge is 0.325 e. The van der Waals surface area contributed by atoms with E-state index in [2.05, 4.69) is 6.92 Å². The number of amides is 1. The SMILES string of the molecule is C[C@@]12CC(=O)[C@@H]3CCC[C@@H]3N1C(=O)c1ccccc12. The van der Waals surface area contributed by atoms with Crippen molar-refractivity contribution in [2.45, 2.75) is 44.2 Å². The normalized spacial score (nSPS) is 36.2. The number of hydrogen-bond donors (Lipinski definition) is 0. The highest BCUT2D eigenvalue weighted by molar-refractivity contribution is 6.02. The summed E-state index contributed by atoms with van der Waals surface area (Å²) in [4.78, 5) is 27.1. The van der Waals surface area contributed by atoms with Gasteiger partial charge in [0.05, 0.1) is 5.54 Å². The molecule has 4 rings (SSSR count). The molecule has 2 heterocycles. The number of benzene rings is 1. The van der Waals surface area contributed by atoms with Crippen molar-refractivity contribution in [2.75, 3.05) is 0 Å². The number of hydrogen-bond acceptors (Lipinski definition) is 2. The molecule has 1 aliphatic carbocycles. The van der Waals surface area contributed by atoms with Crippen LogP contribution in [0.2, 0.25) is 0 Å². The molecule has 1 aromatic carbocycles. The number of fused-ring (bicyclic) bond motifs is 5. The Morgan fingerprint density at radius 1 is 1.21 bits per heavy atom. The lowest BCUT2D eigenvalue weighted by molar-refractivity contribution is -0.132. The Labute approximate surface area is 112 Å². The Bertz CT molecular complexity index is 594. The second-order valence-corrected chi connectivity index (χ2v) is 6.24. The molecule has 0 bridgehead atoms. The summed E-state index contributed by atoms with van der Waals surface area (Å²) in [6, 6.07) is 7.91. The molecule has 3 atom stereocenters. The first-order chi connectivity index (χ1) is 9.13. The van der Waals surface area contributed by atoms with Gasteiger partial charge in [-0.2, -0.15) is 0 Å². The van der Waals surface area contributed by atoms with E-state index in [0.717, 1.165) is 30.4 Å². The molecule has 19 heavy (non-hydrogen) atoms. The number of carbonyl (C=O) groups is 2. The third kappa shape index (κ3) is 1.23. The molecule has 0 radical (unpaired) electrons. The zero-order chi connectivity index (χ0) is 13.2. The average molecular weight is 255 g/mol. The maximum Gasteiger partial charge on any atom is 0.255 e. The standard InChI is InChI=1S/C16H17NO2/c1-16-9-14(18)11-6-4-8-13(11)17(16)15(19)10-5-2-3-7-12(10)16/h2-3,5,7,11,13H,4,6,8-9H2,1H3/t11-,13+,16+/m1/s1. The van der Waals surface area contributed by atoms with Crippen LogP contribution in [0.4, 0.5) is 0 Å². The Morgan fingerprint density at radius 3 is 2.84 bits per heavy atom. The van der Waals surface area contributed by atoms with Crippen molar-refractivity contribution in [1.29, 1.82) is 0 Å². The highest BCUT2D eigenvalue weighted by Crippen LogP contribution is 2.51. The minimum atomic E-state index is -0.406. The van der Waals surface area contributed by atoms with E-state index in [1.165, 1.54) is 0 Å². The van der Waals surface area contributed by atoms with Gasteiger partial charge in [-0.15, -0.1) is 0 Å². The predicted molar refractivity (Wildman–Crippen MR) is 70.7 cm³/mol. The maximum atomic E-state index is 12.7. The van der Waals surface area contributed by atoms with E-state index < -0.39 is 5.54 Å². The molecule has 1 saturated heterocycles. The number of nitrogens with zero attached hydrogens (tertiary/aromatic N) is 1. The second-order valence-electron chi connectivity index (χ2n) is 6.24. The first kappa shape index (κ1) is 11.2. The summed E-state index contributed by atoms with van der Waals surface area (Å²) in [6.45, 7) is 2.06. The summed E-state index contributed by atoms with van der Waals surface area (Å²) >= 11 is 0. The second kappa shape index (κ2) is 3.47. The van der Waals surface area contributed by atoms with Crippen LogP contribution in [0, 0.1) is 5.92 Å². The number of piperidine rings is 1. The highest BCUT2D eigenvalue weighted by Gasteiger charge is 2.57. The van der Waals surface area contributed by atoms with Crippen LogP contribution < -0.4 is 0 Å². The zero-order valence-electron chi connectivity index (χ0n) is 11.1. The third-order valence-electron chi connectivity index (χ3n) is 5.23. The van der Waals surface area contributed by atoms with E-state index in [0.29, 0.717) is 12.2 Å².